The molecule has 0 spiro atoms. The van der Waals surface area contributed by atoms with Crippen LogP contribution < -0.4 is 5.73 Å². The van der Waals surface area contributed by atoms with Crippen LogP contribution in [0.25, 0.3) is 0 Å². The van der Waals surface area contributed by atoms with Crippen molar-refractivity contribution in [2.24, 2.45) is 5.73 Å². The van der Waals surface area contributed by atoms with Crippen LogP contribution in [0, 0.1) is 0 Å². The lowest BCUT2D eigenvalue weighted by Gasteiger charge is -2.27. The van der Waals surface area contributed by atoms with Gasteiger partial charge in [0.15, 0.2) is 5.54 Å². The molecule has 2 rings (SSSR count). The SMILES string of the molecule is CC(C)c1cc2c(o1)C(N)(C(=O)O)CCC2. The first kappa shape index (κ1) is 11.2. The Bertz CT molecular complexity index is 422. The van der Waals surface area contributed by atoms with Gasteiger partial charge in [-0.2, -0.15) is 0 Å². The lowest BCUT2D eigenvalue weighted by molar-refractivity contribution is -0.145. The summed E-state index contributed by atoms with van der Waals surface area (Å²) in [5.74, 6) is 0.527. The molecule has 1 atom stereocenters. The maximum Gasteiger partial charge on any atom is 0.331 e. The van der Waals surface area contributed by atoms with Crippen LogP contribution in [-0.2, 0) is 16.8 Å². The molecule has 1 aliphatic rings. The third-order valence-electron chi connectivity index (χ3n) is 3.20. The number of hydrogen-bond acceptors (Lipinski definition) is 3. The smallest absolute Gasteiger partial charge is 0.331 e. The largest absolute Gasteiger partial charge is 0.480 e. The van der Waals surface area contributed by atoms with Gasteiger partial charge in [-0.3, -0.25) is 0 Å². The summed E-state index contributed by atoms with van der Waals surface area (Å²) in [7, 11) is 0. The summed E-state index contributed by atoms with van der Waals surface area (Å²) in [6, 6.07) is 1.95. The van der Waals surface area contributed by atoms with Gasteiger partial charge in [0.1, 0.15) is 11.5 Å². The molecular weight excluding hydrogens is 206 g/mol. The molecule has 0 aliphatic heterocycles. The van der Waals surface area contributed by atoms with Gasteiger partial charge < -0.3 is 15.3 Å². The number of rotatable bonds is 2. The van der Waals surface area contributed by atoms with Crippen molar-refractivity contribution in [2.75, 3.05) is 0 Å². The molecule has 1 unspecified atom stereocenters. The second kappa shape index (κ2) is 3.63. The average molecular weight is 223 g/mol. The monoisotopic (exact) mass is 223 g/mol. The van der Waals surface area contributed by atoms with E-state index in [4.69, 9.17) is 10.2 Å². The van der Waals surface area contributed by atoms with Crippen molar-refractivity contribution in [1.29, 1.82) is 0 Å². The van der Waals surface area contributed by atoms with Crippen molar-refractivity contribution in [1.82, 2.24) is 0 Å². The Morgan fingerprint density at radius 3 is 2.88 bits per heavy atom. The third kappa shape index (κ3) is 1.53. The molecule has 4 heteroatoms. The average Bonchev–Trinajstić information content (AvgIpc) is 2.63. The number of nitrogens with two attached hydrogens (primary N) is 1. The summed E-state index contributed by atoms with van der Waals surface area (Å²) in [6.07, 6.45) is 2.10. The number of aliphatic carboxylic acids is 1. The van der Waals surface area contributed by atoms with Crippen LogP contribution in [0.1, 0.15) is 49.7 Å². The van der Waals surface area contributed by atoms with E-state index in [-0.39, 0.29) is 5.92 Å². The second-order valence-electron chi connectivity index (χ2n) is 4.79. The van der Waals surface area contributed by atoms with Gasteiger partial charge in [0.25, 0.3) is 0 Å². The van der Waals surface area contributed by atoms with E-state index < -0.39 is 11.5 Å². The van der Waals surface area contributed by atoms with E-state index in [2.05, 4.69) is 0 Å². The minimum Gasteiger partial charge on any atom is -0.480 e. The quantitative estimate of drug-likeness (QED) is 0.803. The van der Waals surface area contributed by atoms with Gasteiger partial charge in [0, 0.05) is 5.92 Å². The fourth-order valence-corrected chi connectivity index (χ4v) is 2.17. The molecule has 88 valence electrons. The summed E-state index contributed by atoms with van der Waals surface area (Å²) >= 11 is 0. The number of fused-ring (bicyclic) bond motifs is 1. The highest BCUT2D eigenvalue weighted by molar-refractivity contribution is 5.80. The van der Waals surface area contributed by atoms with Crippen molar-refractivity contribution >= 4 is 5.97 Å². The zero-order chi connectivity index (χ0) is 11.9. The predicted octanol–water partition coefficient (Wildman–Crippen LogP) is 1.98. The van der Waals surface area contributed by atoms with Crippen LogP contribution in [0.5, 0.6) is 0 Å². The van der Waals surface area contributed by atoms with E-state index in [1.807, 2.05) is 19.9 Å². The molecule has 0 saturated carbocycles. The van der Waals surface area contributed by atoms with E-state index in [1.165, 1.54) is 0 Å². The molecule has 1 heterocycles. The molecule has 3 N–H and O–H groups in total. The Labute approximate surface area is 94.4 Å². The lowest BCUT2D eigenvalue weighted by Crippen LogP contribution is -2.46. The zero-order valence-electron chi connectivity index (χ0n) is 9.62. The zero-order valence-corrected chi connectivity index (χ0v) is 9.62. The van der Waals surface area contributed by atoms with Crippen LogP contribution in [0.15, 0.2) is 10.5 Å². The van der Waals surface area contributed by atoms with Gasteiger partial charge in [-0.05, 0) is 30.9 Å². The number of furan rings is 1. The van der Waals surface area contributed by atoms with Crippen LogP contribution >= 0.6 is 0 Å². The molecule has 1 aromatic heterocycles. The van der Waals surface area contributed by atoms with Crippen LogP contribution in [0.3, 0.4) is 0 Å². The van der Waals surface area contributed by atoms with Crippen molar-refractivity contribution in [3.8, 4) is 0 Å². The summed E-state index contributed by atoms with van der Waals surface area (Å²) in [5.41, 5.74) is 5.56. The highest BCUT2D eigenvalue weighted by atomic mass is 16.4. The summed E-state index contributed by atoms with van der Waals surface area (Å²) < 4.78 is 5.64. The Hall–Kier alpha value is -1.29. The second-order valence-corrected chi connectivity index (χ2v) is 4.79. The molecule has 0 saturated heterocycles. The summed E-state index contributed by atoms with van der Waals surface area (Å²) in [5, 5.41) is 9.21. The molecule has 0 bridgehead atoms. The molecular formula is C12H17NO3. The molecule has 0 radical (unpaired) electrons. The highest BCUT2D eigenvalue weighted by Gasteiger charge is 2.43. The molecule has 0 amide bonds. The van der Waals surface area contributed by atoms with Crippen LogP contribution in [-0.4, -0.2) is 11.1 Å². The third-order valence-corrected chi connectivity index (χ3v) is 3.20. The molecule has 16 heavy (non-hydrogen) atoms. The van der Waals surface area contributed by atoms with Gasteiger partial charge in [-0.25, -0.2) is 4.79 Å². The normalized spacial score (nSPS) is 24.5. The number of hydrogen-bond donors (Lipinski definition) is 2. The van der Waals surface area contributed by atoms with Crippen LogP contribution in [0.2, 0.25) is 0 Å². The number of carboxylic acids is 1. The number of carboxylic acid groups (broad SMARTS) is 1. The van der Waals surface area contributed by atoms with Gasteiger partial charge >= 0.3 is 5.97 Å². The Balaban J connectivity index is 2.50. The van der Waals surface area contributed by atoms with Crippen molar-refractivity contribution in [2.45, 2.75) is 44.6 Å². The van der Waals surface area contributed by atoms with Crippen molar-refractivity contribution in [3.05, 3.63) is 23.2 Å². The van der Waals surface area contributed by atoms with Gasteiger partial charge in [-0.1, -0.05) is 13.8 Å². The van der Waals surface area contributed by atoms with E-state index in [1.54, 1.807) is 0 Å². The van der Waals surface area contributed by atoms with Gasteiger partial charge in [0.05, 0.1) is 0 Å². The van der Waals surface area contributed by atoms with Gasteiger partial charge in [0.2, 0.25) is 0 Å². The molecule has 0 aromatic carbocycles. The van der Waals surface area contributed by atoms with Crippen molar-refractivity contribution < 1.29 is 14.3 Å². The maximum absolute atomic E-state index is 11.2. The standard InChI is InChI=1S/C12H17NO3/c1-7(2)9-6-8-4-3-5-12(13,11(14)15)10(8)16-9/h6-7H,3-5,13H2,1-2H3,(H,14,15). The Morgan fingerprint density at radius 1 is 1.62 bits per heavy atom. The molecule has 4 nitrogen and oxygen atoms in total. The number of aryl methyl sites for hydroxylation is 1. The van der Waals surface area contributed by atoms with E-state index in [0.717, 1.165) is 24.2 Å². The maximum atomic E-state index is 11.2. The highest BCUT2D eigenvalue weighted by Crippen LogP contribution is 2.37. The van der Waals surface area contributed by atoms with Crippen molar-refractivity contribution in [3.63, 3.8) is 0 Å². The Morgan fingerprint density at radius 2 is 2.31 bits per heavy atom. The van der Waals surface area contributed by atoms with Crippen LogP contribution in [0.4, 0.5) is 0 Å². The molecule has 0 fully saturated rings. The topological polar surface area (TPSA) is 76.5 Å². The van der Waals surface area contributed by atoms with E-state index >= 15 is 0 Å². The number of carbonyl (C=O) groups is 1. The first-order valence-corrected chi connectivity index (χ1v) is 5.60. The summed E-state index contributed by atoms with van der Waals surface area (Å²) in [6.45, 7) is 4.03. The fraction of sp³-hybridized carbons (Fsp3) is 0.583. The fourth-order valence-electron chi connectivity index (χ4n) is 2.17. The van der Waals surface area contributed by atoms with E-state index in [9.17, 15) is 9.90 Å². The Kier molecular flexibility index (Phi) is 2.54. The first-order chi connectivity index (χ1) is 7.45. The first-order valence-electron chi connectivity index (χ1n) is 5.60. The predicted molar refractivity (Wildman–Crippen MR) is 59.2 cm³/mol. The van der Waals surface area contributed by atoms with E-state index in [0.29, 0.717) is 12.2 Å². The lowest BCUT2D eigenvalue weighted by atomic mass is 9.82. The van der Waals surface area contributed by atoms with Gasteiger partial charge in [-0.15, -0.1) is 0 Å². The minimum absolute atomic E-state index is 0.253. The summed E-state index contributed by atoms with van der Waals surface area (Å²) in [4.78, 5) is 11.2. The minimum atomic E-state index is -1.33. The molecule has 1 aliphatic carbocycles. The molecule has 1 aromatic rings.